The van der Waals surface area contributed by atoms with Crippen LogP contribution in [-0.4, -0.2) is 36.0 Å². The third kappa shape index (κ3) is 2.37. The van der Waals surface area contributed by atoms with Crippen LogP contribution in [0.1, 0.15) is 52.9 Å². The molecular weight excluding hydrogens is 272 g/mol. The molecular formula is C16H28ClN2O-. The Morgan fingerprint density at radius 3 is 2.30 bits per heavy atom. The second-order valence-electron chi connectivity index (χ2n) is 7.66. The molecule has 3 atom stereocenters. The van der Waals surface area contributed by atoms with Crippen molar-refractivity contribution in [1.29, 1.82) is 0 Å². The lowest BCUT2D eigenvalue weighted by Crippen LogP contribution is -3.00. The summed E-state index contributed by atoms with van der Waals surface area (Å²) in [6.45, 7) is 9.79. The molecule has 0 aromatic rings. The van der Waals surface area contributed by atoms with Gasteiger partial charge in [0, 0.05) is 5.54 Å². The Labute approximate surface area is 129 Å². The first kappa shape index (κ1) is 16.1. The molecule has 3 nitrogen and oxygen atoms in total. The Balaban J connectivity index is 0.00000147. The van der Waals surface area contributed by atoms with E-state index in [1.54, 1.807) is 0 Å². The van der Waals surface area contributed by atoms with E-state index in [0.29, 0.717) is 12.5 Å². The number of carbonyl (C=O) groups is 1. The highest BCUT2D eigenvalue weighted by molar-refractivity contribution is 5.79. The standard InChI is InChI=1S/C16H28N2O.ClH/c1-15(2)12-6-7-13(10-12)16(15,3)17-14(19)11-18-8-4-5-9-18;/h12-13H,4-11H2,1-3H3,(H,17,19);1H/p-1. The van der Waals surface area contributed by atoms with E-state index in [0.717, 1.165) is 19.0 Å². The average molecular weight is 300 g/mol. The lowest BCUT2D eigenvalue weighted by molar-refractivity contribution is -0.126. The maximum Gasteiger partial charge on any atom is 0.234 e. The van der Waals surface area contributed by atoms with Gasteiger partial charge in [0.1, 0.15) is 0 Å². The lowest BCUT2D eigenvalue weighted by atomic mass is 9.64. The zero-order chi connectivity index (χ0) is 13.7. The Morgan fingerprint density at radius 2 is 1.75 bits per heavy atom. The van der Waals surface area contributed by atoms with Gasteiger partial charge in [0.25, 0.3) is 0 Å². The molecule has 3 unspecified atom stereocenters. The summed E-state index contributed by atoms with van der Waals surface area (Å²) in [6.07, 6.45) is 6.47. The van der Waals surface area contributed by atoms with Crippen LogP contribution < -0.4 is 17.7 Å². The largest absolute Gasteiger partial charge is 1.00 e. The molecule has 20 heavy (non-hydrogen) atoms. The van der Waals surface area contributed by atoms with Gasteiger partial charge in [-0.2, -0.15) is 0 Å². The molecule has 0 aromatic carbocycles. The zero-order valence-electron chi connectivity index (χ0n) is 13.0. The summed E-state index contributed by atoms with van der Waals surface area (Å²) >= 11 is 0. The highest BCUT2D eigenvalue weighted by atomic mass is 35.5. The third-order valence-corrected chi connectivity index (χ3v) is 6.57. The molecule has 0 spiro atoms. The zero-order valence-corrected chi connectivity index (χ0v) is 13.8. The van der Waals surface area contributed by atoms with Crippen LogP contribution >= 0.6 is 0 Å². The highest BCUT2D eigenvalue weighted by Gasteiger charge is 2.60. The van der Waals surface area contributed by atoms with Crippen molar-refractivity contribution in [3.05, 3.63) is 0 Å². The molecule has 1 N–H and O–H groups in total. The molecule has 1 amide bonds. The predicted molar refractivity (Wildman–Crippen MR) is 76.8 cm³/mol. The molecule has 0 radical (unpaired) electrons. The molecule has 0 aromatic heterocycles. The van der Waals surface area contributed by atoms with E-state index in [9.17, 15) is 4.79 Å². The normalized spacial score (nSPS) is 38.8. The Bertz CT molecular complexity index is 379. The number of hydrogen-bond acceptors (Lipinski definition) is 2. The first-order chi connectivity index (χ1) is 8.93. The van der Waals surface area contributed by atoms with Crippen LogP contribution in [0.3, 0.4) is 0 Å². The summed E-state index contributed by atoms with van der Waals surface area (Å²) < 4.78 is 0. The van der Waals surface area contributed by atoms with Gasteiger partial charge < -0.3 is 17.7 Å². The van der Waals surface area contributed by atoms with E-state index in [1.807, 2.05) is 0 Å². The summed E-state index contributed by atoms with van der Waals surface area (Å²) in [7, 11) is 0. The van der Waals surface area contributed by atoms with Gasteiger partial charge in [-0.3, -0.25) is 9.69 Å². The number of rotatable bonds is 3. The number of amides is 1. The minimum Gasteiger partial charge on any atom is -1.00 e. The number of nitrogens with zero attached hydrogens (tertiary/aromatic N) is 1. The van der Waals surface area contributed by atoms with Gasteiger partial charge in [-0.05, 0) is 69.4 Å². The van der Waals surface area contributed by atoms with Gasteiger partial charge in [-0.25, -0.2) is 0 Å². The summed E-state index contributed by atoms with van der Waals surface area (Å²) in [5.74, 6) is 1.73. The van der Waals surface area contributed by atoms with Gasteiger partial charge in [-0.15, -0.1) is 0 Å². The summed E-state index contributed by atoms with van der Waals surface area (Å²) in [6, 6.07) is 0. The maximum atomic E-state index is 12.4. The number of nitrogens with one attached hydrogen (secondary N) is 1. The highest BCUT2D eigenvalue weighted by Crippen LogP contribution is 2.61. The van der Waals surface area contributed by atoms with Gasteiger partial charge in [-0.1, -0.05) is 13.8 Å². The molecule has 3 rings (SSSR count). The molecule has 2 bridgehead atoms. The van der Waals surface area contributed by atoms with Gasteiger partial charge in [0.15, 0.2) is 0 Å². The van der Waals surface area contributed by atoms with Crippen LogP contribution in [0.25, 0.3) is 0 Å². The molecule has 116 valence electrons. The number of halogens is 1. The van der Waals surface area contributed by atoms with Gasteiger partial charge >= 0.3 is 0 Å². The SMILES string of the molecule is CC1(C)C2CCC(C2)C1(C)NC(=O)CN1CCCC1.[Cl-]. The number of likely N-dealkylation sites (tertiary alicyclic amines) is 1. The first-order valence-electron chi connectivity index (χ1n) is 7.97. The number of carbonyl (C=O) groups excluding carboxylic acids is 1. The topological polar surface area (TPSA) is 32.3 Å². The number of fused-ring (bicyclic) bond motifs is 2. The quantitative estimate of drug-likeness (QED) is 0.756. The Morgan fingerprint density at radius 1 is 1.15 bits per heavy atom. The molecule has 2 saturated carbocycles. The van der Waals surface area contributed by atoms with Crippen LogP contribution in [0.2, 0.25) is 0 Å². The van der Waals surface area contributed by atoms with Crippen molar-refractivity contribution in [2.45, 2.75) is 58.4 Å². The van der Waals surface area contributed by atoms with Crippen LogP contribution in [-0.2, 0) is 4.79 Å². The van der Waals surface area contributed by atoms with E-state index in [1.165, 1.54) is 32.1 Å². The molecule has 1 heterocycles. The van der Waals surface area contributed by atoms with Crippen LogP contribution in [0.15, 0.2) is 0 Å². The fourth-order valence-electron chi connectivity index (χ4n) is 4.85. The summed E-state index contributed by atoms with van der Waals surface area (Å²) in [5.41, 5.74) is 0.253. The van der Waals surface area contributed by atoms with E-state index in [-0.39, 0.29) is 29.3 Å². The van der Waals surface area contributed by atoms with Crippen LogP contribution in [0.5, 0.6) is 0 Å². The van der Waals surface area contributed by atoms with E-state index in [4.69, 9.17) is 0 Å². The van der Waals surface area contributed by atoms with Crippen LogP contribution in [0, 0.1) is 17.3 Å². The van der Waals surface area contributed by atoms with Crippen molar-refractivity contribution in [2.75, 3.05) is 19.6 Å². The molecule has 1 aliphatic heterocycles. The minimum absolute atomic E-state index is 0. The van der Waals surface area contributed by atoms with Crippen molar-refractivity contribution in [2.24, 2.45) is 17.3 Å². The molecule has 4 heteroatoms. The molecule has 3 aliphatic rings. The van der Waals surface area contributed by atoms with Crippen molar-refractivity contribution in [3.8, 4) is 0 Å². The fraction of sp³-hybridized carbons (Fsp3) is 0.938. The fourth-order valence-corrected chi connectivity index (χ4v) is 4.85. The first-order valence-corrected chi connectivity index (χ1v) is 7.97. The molecule has 1 saturated heterocycles. The predicted octanol–water partition coefficient (Wildman–Crippen LogP) is -0.583. The van der Waals surface area contributed by atoms with E-state index in [2.05, 4.69) is 31.0 Å². The second kappa shape index (κ2) is 5.49. The van der Waals surface area contributed by atoms with Crippen molar-refractivity contribution < 1.29 is 17.2 Å². The van der Waals surface area contributed by atoms with Crippen LogP contribution in [0.4, 0.5) is 0 Å². The summed E-state index contributed by atoms with van der Waals surface area (Å²) in [5, 5.41) is 3.42. The maximum absolute atomic E-state index is 12.4. The van der Waals surface area contributed by atoms with Crippen molar-refractivity contribution in [1.82, 2.24) is 10.2 Å². The molecule has 2 aliphatic carbocycles. The van der Waals surface area contributed by atoms with E-state index >= 15 is 0 Å². The Kier molecular flexibility index (Phi) is 4.42. The minimum atomic E-state index is 0. The van der Waals surface area contributed by atoms with E-state index < -0.39 is 0 Å². The lowest BCUT2D eigenvalue weighted by Gasteiger charge is -2.48. The summed E-state index contributed by atoms with van der Waals surface area (Å²) in [4.78, 5) is 14.7. The number of hydrogen-bond donors (Lipinski definition) is 1. The Hall–Kier alpha value is -0.280. The van der Waals surface area contributed by atoms with Gasteiger partial charge in [0.2, 0.25) is 5.91 Å². The van der Waals surface area contributed by atoms with Crippen molar-refractivity contribution in [3.63, 3.8) is 0 Å². The average Bonchev–Trinajstić information content (AvgIpc) is 2.99. The third-order valence-electron chi connectivity index (χ3n) is 6.57. The smallest absolute Gasteiger partial charge is 0.234 e. The monoisotopic (exact) mass is 299 g/mol. The molecule has 3 fully saturated rings. The van der Waals surface area contributed by atoms with Gasteiger partial charge in [0.05, 0.1) is 6.54 Å². The van der Waals surface area contributed by atoms with Crippen molar-refractivity contribution >= 4 is 5.91 Å². The second-order valence-corrected chi connectivity index (χ2v) is 7.66.